The second-order valence-corrected chi connectivity index (χ2v) is 10.3. The molecule has 0 atom stereocenters. The molecular weight excluding hydrogens is 499 g/mol. The van der Waals surface area contributed by atoms with Gasteiger partial charge in [0, 0.05) is 34.6 Å². The number of methoxy groups -OCH3 is 1. The van der Waals surface area contributed by atoms with E-state index in [4.69, 9.17) is 16.3 Å². The van der Waals surface area contributed by atoms with Crippen LogP contribution < -0.4 is 20.7 Å². The van der Waals surface area contributed by atoms with Gasteiger partial charge in [0.1, 0.15) is 11.6 Å². The second-order valence-electron chi connectivity index (χ2n) is 6.76. The molecule has 2 aromatic heterocycles. The van der Waals surface area contributed by atoms with E-state index in [2.05, 4.69) is 59.8 Å². The zero-order valence-electron chi connectivity index (χ0n) is 17.0. The van der Waals surface area contributed by atoms with E-state index in [9.17, 15) is 0 Å². The number of hydrogen-bond acceptors (Lipinski definition) is 7. The Morgan fingerprint density at radius 1 is 1.00 bits per heavy atom. The smallest absolute Gasteiger partial charge is 0.229 e. The van der Waals surface area contributed by atoms with Gasteiger partial charge in [-0.3, -0.25) is 9.97 Å². The summed E-state index contributed by atoms with van der Waals surface area (Å²) < 4.78 is 6.13. The molecule has 2 heterocycles. The van der Waals surface area contributed by atoms with Gasteiger partial charge >= 0.3 is 0 Å². The Kier molecular flexibility index (Phi) is 6.51. The number of nitrogens with one attached hydrogen (secondary N) is 2. The lowest BCUT2D eigenvalue weighted by molar-refractivity contribution is 0.417. The molecule has 0 saturated carbocycles. The Morgan fingerprint density at radius 3 is 2.58 bits per heavy atom. The average molecular weight is 518 g/mol. The third-order valence-electron chi connectivity index (χ3n) is 4.47. The van der Waals surface area contributed by atoms with Crippen LogP contribution >= 0.6 is 35.5 Å². The fourth-order valence-electron chi connectivity index (χ4n) is 3.12. The van der Waals surface area contributed by atoms with Crippen molar-refractivity contribution in [3.63, 3.8) is 0 Å². The normalized spacial score (nSPS) is 11.0. The standard InChI is InChI=1S/C21H19BrClN6OP/c1-30-17-7-4-12(23)10-16(17)28-21-26-11-13(22)20(29-21)27-15-6-5-14-18(19(15)31(2)3)25-9-8-24-14/h4-11H,1-3H3,(H2,26,27,28,29). The lowest BCUT2D eigenvalue weighted by atomic mass is 10.2. The predicted molar refractivity (Wildman–Crippen MR) is 132 cm³/mol. The number of rotatable bonds is 6. The Balaban J connectivity index is 1.71. The topological polar surface area (TPSA) is 84.9 Å². The number of anilines is 4. The van der Waals surface area contributed by atoms with Crippen LogP contribution in [0.5, 0.6) is 5.75 Å². The first-order chi connectivity index (χ1) is 15.0. The van der Waals surface area contributed by atoms with Gasteiger partial charge in [-0.2, -0.15) is 4.98 Å². The SMILES string of the molecule is COc1ccc(Cl)cc1Nc1ncc(Br)c(Nc2ccc3nccnc3c2P(C)C)n1. The summed E-state index contributed by atoms with van der Waals surface area (Å²) in [7, 11) is 1.15. The molecule has 0 aliphatic rings. The summed E-state index contributed by atoms with van der Waals surface area (Å²) in [5.41, 5.74) is 3.39. The van der Waals surface area contributed by atoms with Crippen LogP contribution in [0.15, 0.2) is 53.4 Å². The quantitative estimate of drug-likeness (QED) is 0.317. The van der Waals surface area contributed by atoms with E-state index in [-0.39, 0.29) is 0 Å². The number of benzene rings is 2. The fraction of sp³-hybridized carbons (Fsp3) is 0.143. The van der Waals surface area contributed by atoms with E-state index in [1.54, 1.807) is 43.9 Å². The maximum atomic E-state index is 6.13. The molecule has 10 heteroatoms. The molecule has 0 aliphatic heterocycles. The van der Waals surface area contributed by atoms with E-state index in [0.717, 1.165) is 26.5 Å². The number of halogens is 2. The van der Waals surface area contributed by atoms with Crippen molar-refractivity contribution in [2.45, 2.75) is 0 Å². The van der Waals surface area contributed by atoms with Crippen LogP contribution in [0.1, 0.15) is 0 Å². The Morgan fingerprint density at radius 2 is 1.81 bits per heavy atom. The molecule has 31 heavy (non-hydrogen) atoms. The third-order valence-corrected chi connectivity index (χ3v) is 6.63. The molecule has 4 rings (SSSR count). The maximum absolute atomic E-state index is 6.13. The van der Waals surface area contributed by atoms with E-state index < -0.39 is 7.92 Å². The Bertz CT molecular complexity index is 1260. The van der Waals surface area contributed by atoms with Gasteiger partial charge < -0.3 is 15.4 Å². The fourth-order valence-corrected chi connectivity index (χ4v) is 4.79. The Labute approximate surface area is 194 Å². The van der Waals surface area contributed by atoms with E-state index >= 15 is 0 Å². The summed E-state index contributed by atoms with van der Waals surface area (Å²) in [6.07, 6.45) is 5.11. The van der Waals surface area contributed by atoms with Crippen LogP contribution in [0.4, 0.5) is 23.1 Å². The lowest BCUT2D eigenvalue weighted by Gasteiger charge is -2.17. The summed E-state index contributed by atoms with van der Waals surface area (Å²) in [5, 5.41) is 8.33. The molecule has 0 unspecified atom stereocenters. The Hall–Kier alpha value is -2.54. The van der Waals surface area contributed by atoms with Crippen molar-refractivity contribution < 1.29 is 4.74 Å². The molecular formula is C21H19BrClN6OP. The van der Waals surface area contributed by atoms with Crippen molar-refractivity contribution in [2.24, 2.45) is 0 Å². The molecule has 2 aromatic carbocycles. The highest BCUT2D eigenvalue weighted by atomic mass is 79.9. The second kappa shape index (κ2) is 9.30. The van der Waals surface area contributed by atoms with Crippen molar-refractivity contribution in [3.05, 3.63) is 58.4 Å². The predicted octanol–water partition coefficient (Wildman–Crippen LogP) is 5.70. The largest absolute Gasteiger partial charge is 0.495 e. The third kappa shape index (κ3) is 4.71. The van der Waals surface area contributed by atoms with E-state index in [0.29, 0.717) is 28.2 Å². The highest BCUT2D eigenvalue weighted by Gasteiger charge is 2.15. The van der Waals surface area contributed by atoms with Crippen molar-refractivity contribution in [3.8, 4) is 5.75 Å². The molecule has 0 saturated heterocycles. The zero-order valence-corrected chi connectivity index (χ0v) is 20.3. The number of nitrogens with zero attached hydrogens (tertiary/aromatic N) is 4. The van der Waals surface area contributed by atoms with Crippen LogP contribution in [-0.2, 0) is 0 Å². The molecule has 0 amide bonds. The number of hydrogen-bond donors (Lipinski definition) is 2. The minimum absolute atomic E-state index is 0.406. The van der Waals surface area contributed by atoms with Crippen LogP contribution in [0, 0.1) is 0 Å². The minimum atomic E-state index is -0.450. The summed E-state index contributed by atoms with van der Waals surface area (Å²) in [5.74, 6) is 1.67. The number of ether oxygens (including phenoxy) is 1. The molecule has 0 radical (unpaired) electrons. The lowest BCUT2D eigenvalue weighted by Crippen LogP contribution is -2.12. The summed E-state index contributed by atoms with van der Waals surface area (Å²) in [6.45, 7) is 4.38. The van der Waals surface area contributed by atoms with Gasteiger partial charge in [-0.05, 0) is 59.6 Å². The van der Waals surface area contributed by atoms with Crippen LogP contribution in [-0.4, -0.2) is 40.4 Å². The van der Waals surface area contributed by atoms with Gasteiger partial charge in [0.25, 0.3) is 0 Å². The highest BCUT2D eigenvalue weighted by Crippen LogP contribution is 2.35. The number of aromatic nitrogens is 4. The summed E-state index contributed by atoms with van der Waals surface area (Å²) >= 11 is 9.67. The van der Waals surface area contributed by atoms with Crippen molar-refractivity contribution in [1.82, 2.24) is 19.9 Å². The molecule has 7 nitrogen and oxygen atoms in total. The molecule has 0 spiro atoms. The van der Waals surface area contributed by atoms with Crippen molar-refractivity contribution in [1.29, 1.82) is 0 Å². The molecule has 4 aromatic rings. The highest BCUT2D eigenvalue weighted by molar-refractivity contribution is 9.10. The van der Waals surface area contributed by atoms with Gasteiger partial charge in [0.15, 0.2) is 0 Å². The molecule has 0 bridgehead atoms. The van der Waals surface area contributed by atoms with Gasteiger partial charge in [-0.1, -0.05) is 19.5 Å². The van der Waals surface area contributed by atoms with E-state index in [1.807, 2.05) is 12.1 Å². The monoisotopic (exact) mass is 516 g/mol. The van der Waals surface area contributed by atoms with Crippen molar-refractivity contribution >= 4 is 74.9 Å². The molecule has 2 N–H and O–H groups in total. The average Bonchev–Trinajstić information content (AvgIpc) is 2.76. The number of fused-ring (bicyclic) bond motifs is 1. The van der Waals surface area contributed by atoms with Crippen LogP contribution in [0.25, 0.3) is 11.0 Å². The minimum Gasteiger partial charge on any atom is -0.495 e. The molecule has 158 valence electrons. The van der Waals surface area contributed by atoms with Gasteiger partial charge in [-0.15, -0.1) is 0 Å². The van der Waals surface area contributed by atoms with Crippen LogP contribution in [0.2, 0.25) is 5.02 Å². The first kappa shape index (κ1) is 21.7. The molecule has 0 aliphatic carbocycles. The van der Waals surface area contributed by atoms with Crippen molar-refractivity contribution in [2.75, 3.05) is 31.1 Å². The summed E-state index contributed by atoms with van der Waals surface area (Å²) in [4.78, 5) is 18.0. The van der Waals surface area contributed by atoms with E-state index in [1.165, 1.54) is 0 Å². The zero-order chi connectivity index (χ0) is 22.0. The first-order valence-corrected chi connectivity index (χ1v) is 12.7. The molecule has 0 fully saturated rings. The van der Waals surface area contributed by atoms with Gasteiger partial charge in [-0.25, -0.2) is 4.98 Å². The maximum Gasteiger partial charge on any atom is 0.229 e. The van der Waals surface area contributed by atoms with Gasteiger partial charge in [0.2, 0.25) is 5.95 Å². The summed E-state index contributed by atoms with van der Waals surface area (Å²) in [6, 6.07) is 9.28. The van der Waals surface area contributed by atoms with Crippen LogP contribution in [0.3, 0.4) is 0 Å². The first-order valence-electron chi connectivity index (χ1n) is 9.27. The van der Waals surface area contributed by atoms with Gasteiger partial charge in [0.05, 0.1) is 28.3 Å².